The molecule has 2 aromatic carbocycles. The van der Waals surface area contributed by atoms with Crippen LogP contribution in [-0.4, -0.2) is 55.2 Å². The topological polar surface area (TPSA) is 66.6 Å². The molecule has 1 aliphatic heterocycles. The van der Waals surface area contributed by atoms with Crippen molar-refractivity contribution in [2.75, 3.05) is 39.3 Å². The molecule has 2 heterocycles. The van der Waals surface area contributed by atoms with Gasteiger partial charge in [-0.2, -0.15) is 0 Å². The highest BCUT2D eigenvalue weighted by atomic mass is 16.5. The van der Waals surface area contributed by atoms with E-state index in [0.717, 1.165) is 60.6 Å². The smallest absolute Gasteiger partial charge is 0.340 e. The van der Waals surface area contributed by atoms with Crippen LogP contribution in [0.15, 0.2) is 48.5 Å². The van der Waals surface area contributed by atoms with Gasteiger partial charge in [0.1, 0.15) is 19.0 Å². The van der Waals surface area contributed by atoms with Gasteiger partial charge in [0.05, 0.1) is 5.56 Å². The third kappa shape index (κ3) is 4.78. The molecule has 0 spiro atoms. The Morgan fingerprint density at radius 3 is 2.69 bits per heavy atom. The number of hydrogen-bond acceptors (Lipinski definition) is 5. The summed E-state index contributed by atoms with van der Waals surface area (Å²) < 4.78 is 11.5. The molecule has 6 nitrogen and oxygen atoms in total. The van der Waals surface area contributed by atoms with Gasteiger partial charge in [-0.05, 0) is 30.7 Å². The van der Waals surface area contributed by atoms with Crippen molar-refractivity contribution in [2.45, 2.75) is 13.5 Å². The molecule has 0 saturated carbocycles. The van der Waals surface area contributed by atoms with Crippen molar-refractivity contribution in [3.8, 4) is 5.75 Å². The molecule has 1 saturated heterocycles. The zero-order valence-corrected chi connectivity index (χ0v) is 16.7. The van der Waals surface area contributed by atoms with Gasteiger partial charge < -0.3 is 19.8 Å². The zero-order chi connectivity index (χ0) is 20.1. The second-order valence-electron chi connectivity index (χ2n) is 7.33. The van der Waals surface area contributed by atoms with E-state index in [1.165, 1.54) is 0 Å². The lowest BCUT2D eigenvalue weighted by atomic mass is 10.1. The Kier molecular flexibility index (Phi) is 6.12. The van der Waals surface area contributed by atoms with E-state index in [2.05, 4.69) is 15.2 Å². The second kappa shape index (κ2) is 9.11. The maximum atomic E-state index is 12.8. The molecule has 1 aliphatic rings. The number of nitrogens with one attached hydrogen (secondary N) is 2. The van der Waals surface area contributed by atoms with Crippen LogP contribution in [0.1, 0.15) is 21.6 Å². The predicted octanol–water partition coefficient (Wildman–Crippen LogP) is 3.12. The first-order valence-corrected chi connectivity index (χ1v) is 10.1. The van der Waals surface area contributed by atoms with E-state index in [1.807, 2.05) is 55.5 Å². The first kappa shape index (κ1) is 19.5. The van der Waals surface area contributed by atoms with Crippen LogP contribution in [0.3, 0.4) is 0 Å². The minimum Gasteiger partial charge on any atom is -0.492 e. The lowest BCUT2D eigenvalue weighted by Gasteiger charge is -2.26. The molecule has 29 heavy (non-hydrogen) atoms. The molecule has 0 aliphatic carbocycles. The van der Waals surface area contributed by atoms with Gasteiger partial charge in [-0.1, -0.05) is 30.3 Å². The molecule has 1 fully saturated rings. The van der Waals surface area contributed by atoms with Gasteiger partial charge in [-0.25, -0.2) is 4.79 Å². The number of ether oxygens (including phenoxy) is 2. The lowest BCUT2D eigenvalue weighted by Crippen LogP contribution is -2.44. The summed E-state index contributed by atoms with van der Waals surface area (Å²) in [6, 6.07) is 15.5. The van der Waals surface area contributed by atoms with Crippen molar-refractivity contribution >= 4 is 16.9 Å². The third-order valence-electron chi connectivity index (χ3n) is 5.26. The van der Waals surface area contributed by atoms with Gasteiger partial charge in [0.25, 0.3) is 0 Å². The Morgan fingerprint density at radius 1 is 1.10 bits per heavy atom. The fourth-order valence-corrected chi connectivity index (χ4v) is 3.68. The van der Waals surface area contributed by atoms with Gasteiger partial charge in [-0.15, -0.1) is 0 Å². The largest absolute Gasteiger partial charge is 0.492 e. The number of carbonyl (C=O) groups excluding carboxylic acids is 1. The molecule has 0 amide bonds. The number of carbonyl (C=O) groups is 1. The van der Waals surface area contributed by atoms with Crippen LogP contribution in [-0.2, 0) is 11.3 Å². The fourth-order valence-electron chi connectivity index (χ4n) is 3.68. The van der Waals surface area contributed by atoms with E-state index in [1.54, 1.807) is 0 Å². The van der Waals surface area contributed by atoms with Gasteiger partial charge in [-0.3, -0.25) is 4.90 Å². The molecule has 0 atom stereocenters. The fraction of sp³-hybridized carbons (Fsp3) is 0.348. The lowest BCUT2D eigenvalue weighted by molar-refractivity contribution is 0.0474. The van der Waals surface area contributed by atoms with Crippen LogP contribution in [0.2, 0.25) is 0 Å². The number of fused-ring (bicyclic) bond motifs is 1. The summed E-state index contributed by atoms with van der Waals surface area (Å²) in [6.45, 7) is 7.84. The average Bonchev–Trinajstić information content (AvgIpc) is 3.08. The Morgan fingerprint density at radius 2 is 1.90 bits per heavy atom. The van der Waals surface area contributed by atoms with E-state index in [0.29, 0.717) is 12.2 Å². The van der Waals surface area contributed by atoms with Crippen LogP contribution in [0.25, 0.3) is 10.9 Å². The van der Waals surface area contributed by atoms with E-state index in [4.69, 9.17) is 9.47 Å². The standard InChI is InChI=1S/C23H27N3O3/c1-17-22(23(27)29-16-18-5-3-2-4-6-18)20-15-19(7-8-21(20)25-17)28-14-13-26-11-9-24-10-12-26/h2-8,15,24-25H,9-14,16H2,1H3. The summed E-state index contributed by atoms with van der Waals surface area (Å²) in [6.07, 6.45) is 0. The van der Waals surface area contributed by atoms with E-state index in [-0.39, 0.29) is 12.6 Å². The molecule has 4 rings (SSSR count). The van der Waals surface area contributed by atoms with Crippen molar-refractivity contribution in [2.24, 2.45) is 0 Å². The van der Waals surface area contributed by atoms with Gasteiger partial charge in [0, 0.05) is 49.3 Å². The summed E-state index contributed by atoms with van der Waals surface area (Å²) in [7, 11) is 0. The Bertz CT molecular complexity index is 962. The number of aromatic nitrogens is 1. The predicted molar refractivity (Wildman–Crippen MR) is 113 cm³/mol. The van der Waals surface area contributed by atoms with Crippen LogP contribution >= 0.6 is 0 Å². The van der Waals surface area contributed by atoms with Gasteiger partial charge >= 0.3 is 5.97 Å². The molecule has 3 aromatic rings. The number of aromatic amines is 1. The molecular formula is C23H27N3O3. The number of benzene rings is 2. The van der Waals surface area contributed by atoms with Crippen LogP contribution in [0.5, 0.6) is 5.75 Å². The van der Waals surface area contributed by atoms with Crippen molar-refractivity contribution in [3.63, 3.8) is 0 Å². The maximum Gasteiger partial charge on any atom is 0.340 e. The Labute approximate surface area is 170 Å². The van der Waals surface area contributed by atoms with Crippen molar-refractivity contribution < 1.29 is 14.3 Å². The van der Waals surface area contributed by atoms with Crippen LogP contribution in [0.4, 0.5) is 0 Å². The summed E-state index contributed by atoms with van der Waals surface area (Å²) in [4.78, 5) is 18.4. The van der Waals surface area contributed by atoms with E-state index < -0.39 is 0 Å². The second-order valence-corrected chi connectivity index (χ2v) is 7.33. The number of aryl methyl sites for hydroxylation is 1. The highest BCUT2D eigenvalue weighted by Crippen LogP contribution is 2.27. The summed E-state index contributed by atoms with van der Waals surface area (Å²) in [5.74, 6) is 0.444. The SMILES string of the molecule is Cc1[nH]c2ccc(OCCN3CCNCC3)cc2c1C(=O)OCc1ccccc1. The summed E-state index contributed by atoms with van der Waals surface area (Å²) in [5, 5.41) is 4.19. The molecule has 2 N–H and O–H groups in total. The summed E-state index contributed by atoms with van der Waals surface area (Å²) in [5.41, 5.74) is 3.25. The molecular weight excluding hydrogens is 366 g/mol. The molecule has 1 aromatic heterocycles. The Balaban J connectivity index is 1.43. The van der Waals surface area contributed by atoms with Crippen molar-refractivity contribution in [1.82, 2.24) is 15.2 Å². The minimum absolute atomic E-state index is 0.257. The quantitative estimate of drug-likeness (QED) is 0.604. The molecule has 152 valence electrons. The number of esters is 1. The zero-order valence-electron chi connectivity index (χ0n) is 16.7. The number of hydrogen-bond donors (Lipinski definition) is 2. The highest BCUT2D eigenvalue weighted by molar-refractivity contribution is 6.05. The third-order valence-corrected chi connectivity index (χ3v) is 5.26. The molecule has 0 radical (unpaired) electrons. The van der Waals surface area contributed by atoms with Crippen molar-refractivity contribution in [3.05, 3.63) is 65.4 Å². The molecule has 0 unspecified atom stereocenters. The Hall–Kier alpha value is -2.83. The number of rotatable bonds is 7. The highest BCUT2D eigenvalue weighted by Gasteiger charge is 2.18. The van der Waals surface area contributed by atoms with Gasteiger partial charge in [0.15, 0.2) is 0 Å². The molecule has 6 heteroatoms. The normalized spacial score (nSPS) is 14.8. The number of nitrogens with zero attached hydrogens (tertiary/aromatic N) is 1. The number of piperazine rings is 1. The first-order chi connectivity index (χ1) is 14.2. The van der Waals surface area contributed by atoms with Crippen LogP contribution in [0, 0.1) is 6.92 Å². The molecule has 0 bridgehead atoms. The van der Waals surface area contributed by atoms with E-state index in [9.17, 15) is 4.79 Å². The average molecular weight is 393 g/mol. The maximum absolute atomic E-state index is 12.8. The van der Waals surface area contributed by atoms with Crippen molar-refractivity contribution in [1.29, 1.82) is 0 Å². The van der Waals surface area contributed by atoms with E-state index >= 15 is 0 Å². The minimum atomic E-state index is -0.324. The van der Waals surface area contributed by atoms with Crippen LogP contribution < -0.4 is 10.1 Å². The van der Waals surface area contributed by atoms with Gasteiger partial charge in [0.2, 0.25) is 0 Å². The monoisotopic (exact) mass is 393 g/mol. The number of H-pyrrole nitrogens is 1. The first-order valence-electron chi connectivity index (χ1n) is 10.1. The summed E-state index contributed by atoms with van der Waals surface area (Å²) >= 11 is 0.